The minimum Gasteiger partial charge on any atom is -0.490 e. The zero-order chi connectivity index (χ0) is 24.3. The van der Waals surface area contributed by atoms with Gasteiger partial charge in [-0.3, -0.25) is 9.48 Å². The van der Waals surface area contributed by atoms with E-state index in [4.69, 9.17) is 19.3 Å². The maximum absolute atomic E-state index is 13.4. The highest BCUT2D eigenvalue weighted by Gasteiger charge is 2.44. The summed E-state index contributed by atoms with van der Waals surface area (Å²) < 4.78 is 21.7. The van der Waals surface area contributed by atoms with Gasteiger partial charge in [-0.15, -0.1) is 0 Å². The Bertz CT molecular complexity index is 1450. The second-order valence-corrected chi connectivity index (χ2v) is 10.1. The lowest BCUT2D eigenvalue weighted by Gasteiger charge is -2.39. The predicted molar refractivity (Wildman–Crippen MR) is 131 cm³/mol. The summed E-state index contributed by atoms with van der Waals surface area (Å²) >= 11 is 0. The van der Waals surface area contributed by atoms with Crippen molar-refractivity contribution >= 4 is 28.1 Å². The van der Waals surface area contributed by atoms with Gasteiger partial charge in [-0.25, -0.2) is 9.50 Å². The van der Waals surface area contributed by atoms with Crippen molar-refractivity contribution in [2.45, 2.75) is 57.0 Å². The molecule has 3 aromatic heterocycles. The molecule has 3 fully saturated rings. The normalized spacial score (nSPS) is 23.5. The van der Waals surface area contributed by atoms with E-state index in [-0.39, 0.29) is 18.1 Å². The molecule has 0 bridgehead atoms. The molecule has 10 heteroatoms. The molecule has 36 heavy (non-hydrogen) atoms. The van der Waals surface area contributed by atoms with Crippen molar-refractivity contribution in [1.82, 2.24) is 24.4 Å². The fraction of sp³-hybridized carbons (Fsp3) is 0.462. The summed E-state index contributed by atoms with van der Waals surface area (Å²) in [5, 5.41) is 13.0. The number of ether oxygens (including phenoxy) is 3. The van der Waals surface area contributed by atoms with Crippen LogP contribution < -0.4 is 10.1 Å². The maximum atomic E-state index is 13.4. The Hall–Kier alpha value is -3.50. The number of carbonyl (C=O) groups is 1. The van der Waals surface area contributed by atoms with Crippen LogP contribution in [0.5, 0.6) is 5.75 Å². The van der Waals surface area contributed by atoms with E-state index < -0.39 is 5.79 Å². The predicted octanol–water partition coefficient (Wildman–Crippen LogP) is 3.98. The molecular weight excluding hydrogens is 460 g/mol. The van der Waals surface area contributed by atoms with Gasteiger partial charge in [0.1, 0.15) is 11.4 Å². The molecule has 10 nitrogen and oxygen atoms in total. The van der Waals surface area contributed by atoms with Crippen LogP contribution >= 0.6 is 0 Å². The van der Waals surface area contributed by atoms with Crippen LogP contribution in [0, 0.1) is 5.92 Å². The summed E-state index contributed by atoms with van der Waals surface area (Å²) in [4.78, 5) is 17.7. The average molecular weight is 489 g/mol. The molecule has 1 spiro atoms. The Kier molecular flexibility index (Phi) is 5.00. The molecule has 0 unspecified atom stereocenters. The van der Waals surface area contributed by atoms with E-state index in [1.54, 1.807) is 29.2 Å². The molecule has 7 rings (SSSR count). The summed E-state index contributed by atoms with van der Waals surface area (Å²) in [6, 6.07) is 5.81. The van der Waals surface area contributed by atoms with Gasteiger partial charge in [0, 0.05) is 42.9 Å². The number of amides is 1. The first-order chi connectivity index (χ1) is 17.6. The van der Waals surface area contributed by atoms with Crippen molar-refractivity contribution in [3.05, 3.63) is 48.5 Å². The zero-order valence-corrected chi connectivity index (χ0v) is 20.1. The molecular formula is C26H28N6O4. The molecule has 186 valence electrons. The first-order valence-corrected chi connectivity index (χ1v) is 12.6. The number of nitrogens with zero attached hydrogens (tertiary/aromatic N) is 5. The minimum atomic E-state index is -0.425. The van der Waals surface area contributed by atoms with Crippen LogP contribution in [0.4, 0.5) is 5.69 Å². The molecule has 4 heterocycles. The van der Waals surface area contributed by atoms with Gasteiger partial charge >= 0.3 is 0 Å². The number of nitrogens with one attached hydrogen (secondary N) is 1. The van der Waals surface area contributed by atoms with Crippen LogP contribution in [-0.2, 0) is 9.47 Å². The highest BCUT2D eigenvalue weighted by Crippen LogP contribution is 2.44. The standard InChI is InChI=1S/C26H28N6O4/c1-16-13-26(34-9-10-35-26)6-5-22(16)32-15-17-11-19(23(12-20(17)30-32)36-18-3-4-18)25(33)29-21-14-28-31-8-2-7-27-24(21)31/h2,7-8,11-12,14-16,18,22H,3-6,9-10,13H2,1H3,(H,29,33)/t16-,22-/m0/s1. The van der Waals surface area contributed by atoms with E-state index in [1.165, 1.54) is 0 Å². The summed E-state index contributed by atoms with van der Waals surface area (Å²) in [7, 11) is 0. The molecule has 1 amide bonds. The summed E-state index contributed by atoms with van der Waals surface area (Å²) in [5.74, 6) is 0.218. The largest absolute Gasteiger partial charge is 0.490 e. The van der Waals surface area contributed by atoms with Crippen molar-refractivity contribution < 1.29 is 19.0 Å². The fourth-order valence-corrected chi connectivity index (χ4v) is 5.52. The average Bonchev–Trinajstić information content (AvgIpc) is 3.24. The maximum Gasteiger partial charge on any atom is 0.259 e. The van der Waals surface area contributed by atoms with E-state index in [0.717, 1.165) is 43.0 Å². The monoisotopic (exact) mass is 488 g/mol. The summed E-state index contributed by atoms with van der Waals surface area (Å²) in [6.07, 6.45) is 11.9. The Balaban J connectivity index is 1.20. The topological polar surface area (TPSA) is 105 Å². The lowest BCUT2D eigenvalue weighted by atomic mass is 9.82. The number of fused-ring (bicyclic) bond motifs is 2. The van der Waals surface area contributed by atoms with Gasteiger partial charge in [0.25, 0.3) is 5.91 Å². The molecule has 1 aliphatic heterocycles. The SMILES string of the molecule is C[C@H]1CC2(CC[C@@H]1n1cc3cc(C(=O)Nc4cnn5cccnc45)c(OC4CC4)cc3n1)OCCO2. The first kappa shape index (κ1) is 21.8. The summed E-state index contributed by atoms with van der Waals surface area (Å²) in [5.41, 5.74) is 2.44. The van der Waals surface area contributed by atoms with Gasteiger partial charge in [0.05, 0.1) is 42.6 Å². The van der Waals surface area contributed by atoms with Crippen LogP contribution in [0.3, 0.4) is 0 Å². The van der Waals surface area contributed by atoms with Crippen molar-refractivity contribution in [2.75, 3.05) is 18.5 Å². The van der Waals surface area contributed by atoms with Crippen LogP contribution in [0.15, 0.2) is 43.0 Å². The minimum absolute atomic E-state index is 0.149. The first-order valence-electron chi connectivity index (χ1n) is 12.6. The second kappa shape index (κ2) is 8.28. The molecule has 0 radical (unpaired) electrons. The third kappa shape index (κ3) is 3.81. The lowest BCUT2D eigenvalue weighted by Crippen LogP contribution is -2.40. The molecule has 2 atom stereocenters. The van der Waals surface area contributed by atoms with Gasteiger partial charge in [0.15, 0.2) is 11.4 Å². The molecule has 1 aromatic carbocycles. The van der Waals surface area contributed by atoms with Crippen molar-refractivity contribution in [1.29, 1.82) is 0 Å². The molecule has 1 N–H and O–H groups in total. The van der Waals surface area contributed by atoms with Crippen LogP contribution in [0.1, 0.15) is 55.4 Å². The Morgan fingerprint density at radius 1 is 1.22 bits per heavy atom. The van der Waals surface area contributed by atoms with E-state index in [9.17, 15) is 4.79 Å². The van der Waals surface area contributed by atoms with E-state index in [0.29, 0.717) is 41.8 Å². The number of anilines is 1. The molecule has 4 aromatic rings. The Morgan fingerprint density at radius 2 is 2.08 bits per heavy atom. The molecule has 2 aliphatic carbocycles. The quantitative estimate of drug-likeness (QED) is 0.453. The summed E-state index contributed by atoms with van der Waals surface area (Å²) in [6.45, 7) is 3.57. The third-order valence-electron chi connectivity index (χ3n) is 7.48. The number of rotatable bonds is 5. The molecule has 2 saturated carbocycles. The highest BCUT2D eigenvalue weighted by molar-refractivity contribution is 6.09. The van der Waals surface area contributed by atoms with Crippen LogP contribution in [0.2, 0.25) is 0 Å². The number of aromatic nitrogens is 5. The number of benzene rings is 1. The number of hydrogen-bond acceptors (Lipinski definition) is 7. The Labute approximate surface area is 207 Å². The number of carbonyl (C=O) groups excluding carboxylic acids is 1. The zero-order valence-electron chi connectivity index (χ0n) is 20.1. The smallest absolute Gasteiger partial charge is 0.259 e. The van der Waals surface area contributed by atoms with Gasteiger partial charge in [-0.2, -0.15) is 10.2 Å². The van der Waals surface area contributed by atoms with Crippen molar-refractivity contribution in [2.24, 2.45) is 5.92 Å². The highest BCUT2D eigenvalue weighted by atomic mass is 16.7. The van der Waals surface area contributed by atoms with Gasteiger partial charge in [-0.1, -0.05) is 6.92 Å². The second-order valence-electron chi connectivity index (χ2n) is 10.1. The lowest BCUT2D eigenvalue weighted by molar-refractivity contribution is -0.192. The molecule has 3 aliphatic rings. The van der Waals surface area contributed by atoms with Crippen molar-refractivity contribution in [3.63, 3.8) is 0 Å². The van der Waals surface area contributed by atoms with Crippen LogP contribution in [-0.4, -0.2) is 55.4 Å². The van der Waals surface area contributed by atoms with E-state index >= 15 is 0 Å². The van der Waals surface area contributed by atoms with Gasteiger partial charge < -0.3 is 19.5 Å². The third-order valence-corrected chi connectivity index (χ3v) is 7.48. The molecule has 1 saturated heterocycles. The fourth-order valence-electron chi connectivity index (χ4n) is 5.52. The van der Waals surface area contributed by atoms with Crippen LogP contribution in [0.25, 0.3) is 16.6 Å². The van der Waals surface area contributed by atoms with E-state index in [2.05, 4.69) is 27.0 Å². The van der Waals surface area contributed by atoms with Gasteiger partial charge in [0.2, 0.25) is 0 Å². The van der Waals surface area contributed by atoms with E-state index in [1.807, 2.05) is 18.3 Å². The van der Waals surface area contributed by atoms with Crippen molar-refractivity contribution in [3.8, 4) is 5.75 Å². The number of hydrogen-bond donors (Lipinski definition) is 1. The van der Waals surface area contributed by atoms with Gasteiger partial charge in [-0.05, 0) is 37.3 Å². The Morgan fingerprint density at radius 3 is 2.89 bits per heavy atom.